The number of halogens is 1. The van der Waals surface area contributed by atoms with Gasteiger partial charge in [0.2, 0.25) is 0 Å². The molecule has 2 N–H and O–H groups in total. The summed E-state index contributed by atoms with van der Waals surface area (Å²) in [6.07, 6.45) is 0. The maximum atomic E-state index is 5.24. The number of hydrogen-bond acceptors (Lipinski definition) is 2. The lowest BCUT2D eigenvalue weighted by Crippen LogP contribution is -2.50. The van der Waals surface area contributed by atoms with Crippen molar-refractivity contribution in [3.05, 3.63) is 35.4 Å². The van der Waals surface area contributed by atoms with Crippen LogP contribution in [0.4, 0.5) is 0 Å². The van der Waals surface area contributed by atoms with Crippen LogP contribution in [-0.4, -0.2) is 32.8 Å². The SMILES string of the molecule is CN=C(NCc1ccc(C)cc1)NCC1(C)COC1.I. The minimum absolute atomic E-state index is 0. The Kier molecular flexibility index (Phi) is 6.75. The van der Waals surface area contributed by atoms with E-state index in [2.05, 4.69) is 53.7 Å². The van der Waals surface area contributed by atoms with Crippen molar-refractivity contribution in [3.63, 3.8) is 0 Å². The molecule has 1 aliphatic rings. The van der Waals surface area contributed by atoms with Crippen LogP contribution in [0.5, 0.6) is 0 Å². The van der Waals surface area contributed by atoms with Gasteiger partial charge in [-0.2, -0.15) is 0 Å². The summed E-state index contributed by atoms with van der Waals surface area (Å²) in [5.41, 5.74) is 2.79. The van der Waals surface area contributed by atoms with Crippen LogP contribution in [0.15, 0.2) is 29.3 Å². The number of hydrogen-bond donors (Lipinski definition) is 2. The first-order valence-electron chi connectivity index (χ1n) is 6.69. The summed E-state index contributed by atoms with van der Waals surface area (Å²) < 4.78 is 5.24. The van der Waals surface area contributed by atoms with Gasteiger partial charge in [0.15, 0.2) is 5.96 Å². The molecule has 0 aliphatic carbocycles. The fourth-order valence-electron chi connectivity index (χ4n) is 1.96. The maximum absolute atomic E-state index is 5.24. The van der Waals surface area contributed by atoms with Crippen molar-refractivity contribution in [2.24, 2.45) is 10.4 Å². The van der Waals surface area contributed by atoms with Gasteiger partial charge in [0, 0.05) is 25.6 Å². The summed E-state index contributed by atoms with van der Waals surface area (Å²) in [6, 6.07) is 8.52. The zero-order chi connectivity index (χ0) is 13.7. The molecule has 0 unspecified atom stereocenters. The Bertz CT molecular complexity index is 441. The van der Waals surface area contributed by atoms with E-state index in [-0.39, 0.29) is 29.4 Å². The van der Waals surface area contributed by atoms with Crippen molar-refractivity contribution >= 4 is 29.9 Å². The van der Waals surface area contributed by atoms with Crippen LogP contribution in [0.2, 0.25) is 0 Å². The molecule has 0 amide bonds. The number of nitrogens with one attached hydrogen (secondary N) is 2. The number of rotatable bonds is 4. The third-order valence-corrected chi connectivity index (χ3v) is 3.39. The van der Waals surface area contributed by atoms with E-state index in [1.807, 2.05) is 0 Å². The van der Waals surface area contributed by atoms with Gasteiger partial charge >= 0.3 is 0 Å². The first-order chi connectivity index (χ1) is 9.11. The van der Waals surface area contributed by atoms with E-state index in [9.17, 15) is 0 Å². The Morgan fingerprint density at radius 2 is 1.90 bits per heavy atom. The zero-order valence-corrected chi connectivity index (χ0v) is 14.7. The highest BCUT2D eigenvalue weighted by molar-refractivity contribution is 14.0. The van der Waals surface area contributed by atoms with E-state index in [0.29, 0.717) is 0 Å². The molecule has 4 nitrogen and oxygen atoms in total. The Morgan fingerprint density at radius 3 is 2.40 bits per heavy atom. The summed E-state index contributed by atoms with van der Waals surface area (Å²) in [4.78, 5) is 4.24. The summed E-state index contributed by atoms with van der Waals surface area (Å²) >= 11 is 0. The van der Waals surface area contributed by atoms with Gasteiger partial charge in [-0.15, -0.1) is 24.0 Å². The van der Waals surface area contributed by atoms with Crippen LogP contribution in [0.1, 0.15) is 18.1 Å². The molecule has 1 saturated heterocycles. The molecule has 0 radical (unpaired) electrons. The maximum Gasteiger partial charge on any atom is 0.191 e. The lowest BCUT2D eigenvalue weighted by Gasteiger charge is -2.38. The summed E-state index contributed by atoms with van der Waals surface area (Å²) in [7, 11) is 1.80. The highest BCUT2D eigenvalue weighted by Crippen LogP contribution is 2.24. The highest BCUT2D eigenvalue weighted by atomic mass is 127. The lowest BCUT2D eigenvalue weighted by molar-refractivity contribution is -0.0971. The number of benzene rings is 1. The molecule has 1 aliphatic heterocycles. The molecular formula is C15H24IN3O. The minimum Gasteiger partial charge on any atom is -0.380 e. The van der Waals surface area contributed by atoms with Crippen LogP contribution >= 0.6 is 24.0 Å². The molecule has 0 aromatic heterocycles. The van der Waals surface area contributed by atoms with Crippen molar-refractivity contribution in [1.82, 2.24) is 10.6 Å². The Balaban J connectivity index is 0.00000200. The van der Waals surface area contributed by atoms with Crippen molar-refractivity contribution in [2.75, 3.05) is 26.8 Å². The van der Waals surface area contributed by atoms with E-state index >= 15 is 0 Å². The van der Waals surface area contributed by atoms with Gasteiger partial charge < -0.3 is 15.4 Å². The van der Waals surface area contributed by atoms with Gasteiger partial charge in [-0.05, 0) is 12.5 Å². The van der Waals surface area contributed by atoms with Gasteiger partial charge in [-0.1, -0.05) is 36.8 Å². The highest BCUT2D eigenvalue weighted by Gasteiger charge is 2.33. The quantitative estimate of drug-likeness (QED) is 0.472. The normalized spacial score (nSPS) is 16.9. The number of ether oxygens (including phenoxy) is 1. The third kappa shape index (κ3) is 4.94. The van der Waals surface area contributed by atoms with E-state index in [1.54, 1.807) is 7.05 Å². The molecule has 0 spiro atoms. The van der Waals surface area contributed by atoms with Crippen LogP contribution in [0.3, 0.4) is 0 Å². The van der Waals surface area contributed by atoms with Gasteiger partial charge in [-0.3, -0.25) is 4.99 Å². The fraction of sp³-hybridized carbons (Fsp3) is 0.533. The first kappa shape index (κ1) is 17.2. The summed E-state index contributed by atoms with van der Waals surface area (Å²) in [6.45, 7) is 7.65. The zero-order valence-electron chi connectivity index (χ0n) is 12.4. The molecule has 20 heavy (non-hydrogen) atoms. The Morgan fingerprint density at radius 1 is 1.25 bits per heavy atom. The molecule has 0 atom stereocenters. The third-order valence-electron chi connectivity index (χ3n) is 3.39. The molecular weight excluding hydrogens is 365 g/mol. The monoisotopic (exact) mass is 389 g/mol. The van der Waals surface area contributed by atoms with E-state index in [1.165, 1.54) is 11.1 Å². The molecule has 0 bridgehead atoms. The van der Waals surface area contributed by atoms with Crippen molar-refractivity contribution < 1.29 is 4.74 Å². The van der Waals surface area contributed by atoms with Crippen LogP contribution in [-0.2, 0) is 11.3 Å². The largest absolute Gasteiger partial charge is 0.380 e. The van der Waals surface area contributed by atoms with Crippen LogP contribution in [0, 0.1) is 12.3 Å². The number of nitrogens with zero attached hydrogens (tertiary/aromatic N) is 1. The molecule has 5 heteroatoms. The topological polar surface area (TPSA) is 45.7 Å². The van der Waals surface area contributed by atoms with Gasteiger partial charge in [-0.25, -0.2) is 0 Å². The summed E-state index contributed by atoms with van der Waals surface area (Å²) in [5, 5.41) is 6.68. The van der Waals surface area contributed by atoms with Crippen LogP contribution < -0.4 is 10.6 Å². The lowest BCUT2D eigenvalue weighted by atomic mass is 9.89. The average molecular weight is 389 g/mol. The second kappa shape index (κ2) is 7.83. The van der Waals surface area contributed by atoms with Crippen molar-refractivity contribution in [1.29, 1.82) is 0 Å². The fourth-order valence-corrected chi connectivity index (χ4v) is 1.96. The smallest absolute Gasteiger partial charge is 0.191 e. The standard InChI is InChI=1S/C15H23N3O.HI/c1-12-4-6-13(7-5-12)8-17-14(16-3)18-9-15(2)10-19-11-15;/h4-7H,8-11H2,1-3H3,(H2,16,17,18);1H. The Labute approximate surface area is 138 Å². The van der Waals surface area contributed by atoms with Gasteiger partial charge in [0.1, 0.15) is 0 Å². The molecule has 1 heterocycles. The molecule has 1 aromatic carbocycles. The molecule has 1 fully saturated rings. The van der Waals surface area contributed by atoms with Gasteiger partial charge in [0.25, 0.3) is 0 Å². The van der Waals surface area contributed by atoms with E-state index in [0.717, 1.165) is 32.3 Å². The van der Waals surface area contributed by atoms with Crippen LogP contribution in [0.25, 0.3) is 0 Å². The number of aliphatic imine (C=N–C) groups is 1. The molecule has 0 saturated carbocycles. The second-order valence-electron chi connectivity index (χ2n) is 5.57. The number of guanidine groups is 1. The number of aryl methyl sites for hydroxylation is 1. The first-order valence-corrected chi connectivity index (χ1v) is 6.69. The molecule has 112 valence electrons. The average Bonchev–Trinajstić information content (AvgIpc) is 2.39. The van der Waals surface area contributed by atoms with E-state index in [4.69, 9.17) is 4.74 Å². The molecule has 2 rings (SSSR count). The summed E-state index contributed by atoms with van der Waals surface area (Å²) in [5.74, 6) is 0.841. The second-order valence-corrected chi connectivity index (χ2v) is 5.57. The minimum atomic E-state index is 0. The Hall–Kier alpha value is -0.820. The predicted octanol–water partition coefficient (Wildman–Crippen LogP) is 2.31. The van der Waals surface area contributed by atoms with E-state index < -0.39 is 0 Å². The van der Waals surface area contributed by atoms with Crippen molar-refractivity contribution in [2.45, 2.75) is 20.4 Å². The predicted molar refractivity (Wildman–Crippen MR) is 93.7 cm³/mol. The van der Waals surface area contributed by atoms with Gasteiger partial charge in [0.05, 0.1) is 13.2 Å². The molecule has 1 aromatic rings. The van der Waals surface area contributed by atoms with Crippen molar-refractivity contribution in [3.8, 4) is 0 Å².